The summed E-state index contributed by atoms with van der Waals surface area (Å²) < 4.78 is 6.78. The fraction of sp³-hybridized carbons (Fsp3) is 0. The molecule has 0 aliphatic carbocycles. The van der Waals surface area contributed by atoms with E-state index < -0.39 is 0 Å². The van der Waals surface area contributed by atoms with Crippen LogP contribution in [0.25, 0.3) is 10.2 Å². The minimum absolute atomic E-state index is 0.472. The summed E-state index contributed by atoms with van der Waals surface area (Å²) in [4.78, 5) is 12.6. The second-order valence-corrected chi connectivity index (χ2v) is 5.81. The fourth-order valence-electron chi connectivity index (χ4n) is 2.11. The normalized spacial score (nSPS) is 10.6. The molecule has 2 aromatic heterocycles. The SMILES string of the molecule is c1ccc2sc(Nc3ccc(Oc4cnccn4)cc3)nc2c1. The van der Waals surface area contributed by atoms with E-state index >= 15 is 0 Å². The van der Waals surface area contributed by atoms with Crippen LogP contribution < -0.4 is 10.1 Å². The van der Waals surface area contributed by atoms with E-state index in [1.807, 2.05) is 42.5 Å². The average Bonchev–Trinajstić information content (AvgIpc) is 3.00. The van der Waals surface area contributed by atoms with E-state index in [0.717, 1.165) is 21.0 Å². The predicted octanol–water partition coefficient (Wildman–Crippen LogP) is 4.62. The van der Waals surface area contributed by atoms with Crippen molar-refractivity contribution in [3.05, 3.63) is 67.1 Å². The van der Waals surface area contributed by atoms with Gasteiger partial charge in [-0.05, 0) is 36.4 Å². The number of benzene rings is 2. The minimum atomic E-state index is 0.472. The number of rotatable bonds is 4. The number of ether oxygens (including phenoxy) is 1. The number of fused-ring (bicyclic) bond motifs is 1. The Morgan fingerprint density at radius 2 is 1.83 bits per heavy atom. The van der Waals surface area contributed by atoms with E-state index in [0.29, 0.717) is 11.6 Å². The van der Waals surface area contributed by atoms with Crippen LogP contribution in [0.3, 0.4) is 0 Å². The van der Waals surface area contributed by atoms with E-state index in [4.69, 9.17) is 4.74 Å². The van der Waals surface area contributed by atoms with Crippen LogP contribution in [-0.4, -0.2) is 15.0 Å². The molecule has 6 heteroatoms. The Hall–Kier alpha value is -2.99. The molecule has 5 nitrogen and oxygen atoms in total. The first-order valence-electron chi connectivity index (χ1n) is 7.03. The number of nitrogens with one attached hydrogen (secondary N) is 1. The first-order chi connectivity index (χ1) is 11.4. The smallest absolute Gasteiger partial charge is 0.237 e. The van der Waals surface area contributed by atoms with Crippen molar-refractivity contribution in [2.45, 2.75) is 0 Å². The van der Waals surface area contributed by atoms with Crippen molar-refractivity contribution < 1.29 is 4.74 Å². The molecule has 0 amide bonds. The highest BCUT2D eigenvalue weighted by Crippen LogP contribution is 2.29. The lowest BCUT2D eigenvalue weighted by molar-refractivity contribution is 0.460. The van der Waals surface area contributed by atoms with Gasteiger partial charge in [-0.25, -0.2) is 9.97 Å². The molecule has 0 saturated carbocycles. The zero-order valence-corrected chi connectivity index (χ0v) is 12.8. The monoisotopic (exact) mass is 320 g/mol. The molecule has 112 valence electrons. The summed E-state index contributed by atoms with van der Waals surface area (Å²) in [6, 6.07) is 15.7. The van der Waals surface area contributed by atoms with Gasteiger partial charge in [0.15, 0.2) is 5.13 Å². The third-order valence-corrected chi connectivity index (χ3v) is 4.11. The molecule has 0 fully saturated rings. The number of para-hydroxylation sites is 1. The van der Waals surface area contributed by atoms with Gasteiger partial charge in [0.1, 0.15) is 5.75 Å². The summed E-state index contributed by atoms with van der Waals surface area (Å²) in [5.74, 6) is 1.18. The topological polar surface area (TPSA) is 59.9 Å². The van der Waals surface area contributed by atoms with Crippen molar-refractivity contribution in [2.24, 2.45) is 0 Å². The van der Waals surface area contributed by atoms with Gasteiger partial charge in [0.25, 0.3) is 0 Å². The van der Waals surface area contributed by atoms with Crippen LogP contribution in [0.4, 0.5) is 10.8 Å². The fourth-order valence-corrected chi connectivity index (χ4v) is 3.00. The van der Waals surface area contributed by atoms with Gasteiger partial charge >= 0.3 is 0 Å². The number of thiazole rings is 1. The summed E-state index contributed by atoms with van der Waals surface area (Å²) in [5, 5.41) is 4.18. The molecular weight excluding hydrogens is 308 g/mol. The van der Waals surface area contributed by atoms with E-state index in [1.165, 1.54) is 0 Å². The molecule has 2 aromatic carbocycles. The van der Waals surface area contributed by atoms with Crippen LogP contribution in [0.15, 0.2) is 67.1 Å². The number of anilines is 2. The van der Waals surface area contributed by atoms with Crippen LogP contribution in [-0.2, 0) is 0 Å². The Morgan fingerprint density at radius 3 is 2.61 bits per heavy atom. The first kappa shape index (κ1) is 13.7. The average molecular weight is 320 g/mol. The molecule has 23 heavy (non-hydrogen) atoms. The molecule has 1 N–H and O–H groups in total. The van der Waals surface area contributed by atoms with Gasteiger partial charge in [0.2, 0.25) is 5.88 Å². The molecule has 0 spiro atoms. The van der Waals surface area contributed by atoms with Crippen molar-refractivity contribution in [3.63, 3.8) is 0 Å². The van der Waals surface area contributed by atoms with Crippen molar-refractivity contribution in [3.8, 4) is 11.6 Å². The van der Waals surface area contributed by atoms with Crippen molar-refractivity contribution in [2.75, 3.05) is 5.32 Å². The Balaban J connectivity index is 1.49. The molecule has 0 atom stereocenters. The highest BCUT2D eigenvalue weighted by molar-refractivity contribution is 7.22. The lowest BCUT2D eigenvalue weighted by atomic mass is 10.3. The summed E-state index contributed by atoms with van der Waals surface area (Å²) in [6.45, 7) is 0. The molecule has 4 aromatic rings. The third-order valence-electron chi connectivity index (χ3n) is 3.16. The molecular formula is C17H12N4OS. The molecule has 2 heterocycles. The van der Waals surface area contributed by atoms with Gasteiger partial charge in [0.05, 0.1) is 16.4 Å². The summed E-state index contributed by atoms with van der Waals surface area (Å²) in [5.41, 5.74) is 1.96. The van der Waals surface area contributed by atoms with Crippen LogP contribution in [0.5, 0.6) is 11.6 Å². The van der Waals surface area contributed by atoms with E-state index in [1.54, 1.807) is 29.9 Å². The van der Waals surface area contributed by atoms with Gasteiger partial charge in [-0.15, -0.1) is 0 Å². The van der Waals surface area contributed by atoms with E-state index in [-0.39, 0.29) is 0 Å². The second kappa shape index (κ2) is 6.02. The zero-order chi connectivity index (χ0) is 15.5. The van der Waals surface area contributed by atoms with Crippen molar-refractivity contribution in [1.29, 1.82) is 0 Å². The number of nitrogens with zero attached hydrogens (tertiary/aromatic N) is 3. The molecule has 0 aliphatic rings. The van der Waals surface area contributed by atoms with Crippen LogP contribution in [0.2, 0.25) is 0 Å². The van der Waals surface area contributed by atoms with Gasteiger partial charge in [0, 0.05) is 18.1 Å². The largest absolute Gasteiger partial charge is 0.438 e. The predicted molar refractivity (Wildman–Crippen MR) is 91.5 cm³/mol. The lowest BCUT2D eigenvalue weighted by Crippen LogP contribution is -1.91. The van der Waals surface area contributed by atoms with Gasteiger partial charge in [-0.2, -0.15) is 0 Å². The Bertz CT molecular complexity index is 889. The quantitative estimate of drug-likeness (QED) is 0.594. The maximum atomic E-state index is 5.62. The van der Waals surface area contributed by atoms with E-state index in [9.17, 15) is 0 Å². The highest BCUT2D eigenvalue weighted by atomic mass is 32.1. The maximum Gasteiger partial charge on any atom is 0.237 e. The van der Waals surface area contributed by atoms with E-state index in [2.05, 4.69) is 26.3 Å². The molecule has 0 radical (unpaired) electrons. The summed E-state index contributed by atoms with van der Waals surface area (Å²) in [6.07, 6.45) is 4.78. The molecule has 0 bridgehead atoms. The summed E-state index contributed by atoms with van der Waals surface area (Å²) >= 11 is 1.63. The van der Waals surface area contributed by atoms with Crippen LogP contribution in [0, 0.1) is 0 Å². The first-order valence-corrected chi connectivity index (χ1v) is 7.85. The van der Waals surface area contributed by atoms with Gasteiger partial charge in [-0.1, -0.05) is 23.5 Å². The Labute approximate surface area is 136 Å². The summed E-state index contributed by atoms with van der Waals surface area (Å²) in [7, 11) is 0. The highest BCUT2D eigenvalue weighted by Gasteiger charge is 2.04. The molecule has 0 saturated heterocycles. The molecule has 0 unspecified atom stereocenters. The maximum absolute atomic E-state index is 5.62. The standard InChI is InChI=1S/C17H12N4OS/c1-2-4-15-14(3-1)21-17(23-15)20-12-5-7-13(8-6-12)22-16-11-18-9-10-19-16/h1-11H,(H,20,21). The Kier molecular flexibility index (Phi) is 3.57. The van der Waals surface area contributed by atoms with Gasteiger partial charge in [-0.3, -0.25) is 4.98 Å². The zero-order valence-electron chi connectivity index (χ0n) is 12.0. The van der Waals surface area contributed by atoms with Crippen LogP contribution >= 0.6 is 11.3 Å². The number of hydrogen-bond acceptors (Lipinski definition) is 6. The van der Waals surface area contributed by atoms with Crippen molar-refractivity contribution >= 4 is 32.4 Å². The number of aromatic nitrogens is 3. The van der Waals surface area contributed by atoms with Crippen LogP contribution in [0.1, 0.15) is 0 Å². The minimum Gasteiger partial charge on any atom is -0.438 e. The molecule has 4 rings (SSSR count). The molecule has 0 aliphatic heterocycles. The van der Waals surface area contributed by atoms with Gasteiger partial charge < -0.3 is 10.1 Å². The second-order valence-electron chi connectivity index (χ2n) is 4.78. The number of hydrogen-bond donors (Lipinski definition) is 1. The lowest BCUT2D eigenvalue weighted by Gasteiger charge is -2.06. The third kappa shape index (κ3) is 3.12. The Morgan fingerprint density at radius 1 is 0.957 bits per heavy atom. The van der Waals surface area contributed by atoms with Crippen molar-refractivity contribution in [1.82, 2.24) is 15.0 Å².